The van der Waals surface area contributed by atoms with Gasteiger partial charge in [-0.3, -0.25) is 4.98 Å². The van der Waals surface area contributed by atoms with E-state index >= 15 is 0 Å². The van der Waals surface area contributed by atoms with Crippen LogP contribution in [0.3, 0.4) is 0 Å². The summed E-state index contributed by atoms with van der Waals surface area (Å²) in [7, 11) is 0. The van der Waals surface area contributed by atoms with Crippen molar-refractivity contribution in [3.8, 4) is 17.2 Å². The molecule has 0 spiro atoms. The summed E-state index contributed by atoms with van der Waals surface area (Å²) < 4.78 is 18.4. The highest BCUT2D eigenvalue weighted by Gasteiger charge is 2.32. The summed E-state index contributed by atoms with van der Waals surface area (Å²) in [5.74, 6) is -0.466. The quantitative estimate of drug-likeness (QED) is 0.738. The van der Waals surface area contributed by atoms with Crippen molar-refractivity contribution in [2.45, 2.75) is 18.6 Å². The van der Waals surface area contributed by atoms with Crippen LogP contribution in [0.5, 0.6) is 17.2 Å². The molecule has 2 atom stereocenters. The first-order chi connectivity index (χ1) is 9.54. The Morgan fingerprint density at radius 1 is 1.25 bits per heavy atom. The Balaban J connectivity index is 1.98. The van der Waals surface area contributed by atoms with E-state index in [1.54, 1.807) is 0 Å². The third kappa shape index (κ3) is 2.14. The maximum atomic E-state index is 12.9. The molecule has 3 rings (SSSR count). The van der Waals surface area contributed by atoms with Gasteiger partial charge in [-0.25, -0.2) is 4.39 Å². The topological polar surface area (TPSA) is 82.8 Å². The van der Waals surface area contributed by atoms with E-state index in [1.807, 2.05) is 0 Å². The van der Waals surface area contributed by atoms with Crippen LogP contribution in [0, 0.1) is 5.82 Å². The minimum Gasteiger partial charge on any atom is -0.508 e. The number of benzene rings is 1. The van der Waals surface area contributed by atoms with Gasteiger partial charge < -0.3 is 20.1 Å². The molecule has 20 heavy (non-hydrogen) atoms. The first-order valence-electron chi connectivity index (χ1n) is 6.05. The Hall–Kier alpha value is -2.34. The number of aromatic nitrogens is 1. The van der Waals surface area contributed by atoms with Crippen LogP contribution in [-0.4, -0.2) is 26.4 Å². The molecule has 0 fully saturated rings. The standard InChI is InChI=1S/C14H12FNO4/c15-7-1-2-10(16-6-7)14-12(19)5-9-11(18)3-8(17)4-13(9)20-14/h1-4,6,12,14,17-19H,5H2. The van der Waals surface area contributed by atoms with E-state index in [0.29, 0.717) is 11.3 Å². The SMILES string of the molecule is Oc1cc(O)c2c(c1)OC(c1ccc(F)cn1)C(O)C2. The number of hydrogen-bond acceptors (Lipinski definition) is 5. The molecule has 1 aromatic heterocycles. The van der Waals surface area contributed by atoms with Gasteiger partial charge in [0, 0.05) is 24.1 Å². The molecule has 0 radical (unpaired) electrons. The molecule has 0 bridgehead atoms. The van der Waals surface area contributed by atoms with Crippen molar-refractivity contribution in [3.05, 3.63) is 47.5 Å². The third-order valence-electron chi connectivity index (χ3n) is 3.23. The number of pyridine rings is 1. The number of fused-ring (bicyclic) bond motifs is 1. The highest BCUT2D eigenvalue weighted by atomic mass is 19.1. The predicted molar refractivity (Wildman–Crippen MR) is 67.0 cm³/mol. The van der Waals surface area contributed by atoms with Crippen molar-refractivity contribution < 1.29 is 24.4 Å². The zero-order chi connectivity index (χ0) is 14.3. The molecule has 1 aromatic carbocycles. The van der Waals surface area contributed by atoms with Crippen LogP contribution < -0.4 is 4.74 Å². The van der Waals surface area contributed by atoms with Crippen molar-refractivity contribution in [2.75, 3.05) is 0 Å². The molecule has 0 saturated carbocycles. The lowest BCUT2D eigenvalue weighted by Crippen LogP contribution is -2.31. The lowest BCUT2D eigenvalue weighted by Gasteiger charge is -2.30. The minimum absolute atomic E-state index is 0.135. The normalized spacial score (nSPS) is 21.1. The number of phenols is 2. The van der Waals surface area contributed by atoms with E-state index in [1.165, 1.54) is 24.3 Å². The summed E-state index contributed by atoms with van der Waals surface area (Å²) in [5.41, 5.74) is 0.807. The average Bonchev–Trinajstić information content (AvgIpc) is 2.40. The van der Waals surface area contributed by atoms with Gasteiger partial charge in [0.05, 0.1) is 11.9 Å². The van der Waals surface area contributed by atoms with Gasteiger partial charge in [0.1, 0.15) is 29.2 Å². The lowest BCUT2D eigenvalue weighted by molar-refractivity contribution is 0.0173. The Morgan fingerprint density at radius 2 is 2.05 bits per heavy atom. The fourth-order valence-corrected chi connectivity index (χ4v) is 2.27. The van der Waals surface area contributed by atoms with Crippen molar-refractivity contribution >= 4 is 0 Å². The highest BCUT2D eigenvalue weighted by molar-refractivity contribution is 5.51. The van der Waals surface area contributed by atoms with Crippen molar-refractivity contribution in [2.24, 2.45) is 0 Å². The molecular weight excluding hydrogens is 265 g/mol. The Kier molecular flexibility index (Phi) is 2.94. The number of phenolic OH excluding ortho intramolecular Hbond substituents is 2. The van der Waals surface area contributed by atoms with Crippen LogP contribution in [0.15, 0.2) is 30.5 Å². The van der Waals surface area contributed by atoms with Crippen LogP contribution in [0.4, 0.5) is 4.39 Å². The summed E-state index contributed by atoms with van der Waals surface area (Å²) in [5, 5.41) is 29.3. The third-order valence-corrected chi connectivity index (χ3v) is 3.23. The monoisotopic (exact) mass is 277 g/mol. The second-order valence-electron chi connectivity index (χ2n) is 4.65. The summed E-state index contributed by atoms with van der Waals surface area (Å²) >= 11 is 0. The molecule has 5 nitrogen and oxygen atoms in total. The largest absolute Gasteiger partial charge is 0.508 e. The van der Waals surface area contributed by atoms with E-state index in [0.717, 1.165) is 6.20 Å². The number of halogens is 1. The molecule has 2 unspecified atom stereocenters. The van der Waals surface area contributed by atoms with Crippen molar-refractivity contribution in [3.63, 3.8) is 0 Å². The fraction of sp³-hybridized carbons (Fsp3) is 0.214. The second kappa shape index (κ2) is 4.64. The molecule has 1 aliphatic heterocycles. The van der Waals surface area contributed by atoms with E-state index in [-0.39, 0.29) is 23.7 Å². The van der Waals surface area contributed by atoms with Crippen LogP contribution in [0.1, 0.15) is 17.4 Å². The molecule has 0 aliphatic carbocycles. The first kappa shape index (κ1) is 12.7. The van der Waals surface area contributed by atoms with Crippen molar-refractivity contribution in [1.29, 1.82) is 0 Å². The molecule has 2 heterocycles. The maximum absolute atomic E-state index is 12.9. The van der Waals surface area contributed by atoms with Gasteiger partial charge in [-0.15, -0.1) is 0 Å². The van der Waals surface area contributed by atoms with Crippen LogP contribution in [0.2, 0.25) is 0 Å². The predicted octanol–water partition coefficient (Wildman–Crippen LogP) is 1.67. The smallest absolute Gasteiger partial charge is 0.167 e. The van der Waals surface area contributed by atoms with Crippen LogP contribution >= 0.6 is 0 Å². The van der Waals surface area contributed by atoms with Gasteiger partial charge in [0.25, 0.3) is 0 Å². The van der Waals surface area contributed by atoms with Gasteiger partial charge in [0.15, 0.2) is 6.10 Å². The van der Waals surface area contributed by atoms with Gasteiger partial charge in [-0.05, 0) is 12.1 Å². The molecule has 0 amide bonds. The van der Waals surface area contributed by atoms with Gasteiger partial charge in [-0.2, -0.15) is 0 Å². The molecule has 1 aliphatic rings. The van der Waals surface area contributed by atoms with Gasteiger partial charge in [0.2, 0.25) is 0 Å². The summed E-state index contributed by atoms with van der Waals surface area (Å²) in [4.78, 5) is 3.89. The number of hydrogen-bond donors (Lipinski definition) is 3. The lowest BCUT2D eigenvalue weighted by atomic mass is 9.96. The maximum Gasteiger partial charge on any atom is 0.167 e. The number of aromatic hydroxyl groups is 2. The Bertz CT molecular complexity index is 644. The molecule has 2 aromatic rings. The molecule has 104 valence electrons. The van der Waals surface area contributed by atoms with Gasteiger partial charge in [-0.1, -0.05) is 0 Å². The molecule has 6 heteroatoms. The summed E-state index contributed by atoms with van der Waals surface area (Å²) in [6.07, 6.45) is -0.494. The molecule has 0 saturated heterocycles. The van der Waals surface area contributed by atoms with E-state index < -0.39 is 18.0 Å². The van der Waals surface area contributed by atoms with Gasteiger partial charge >= 0.3 is 0 Å². The second-order valence-corrected chi connectivity index (χ2v) is 4.65. The van der Waals surface area contributed by atoms with E-state index in [2.05, 4.69) is 4.98 Å². The Labute approximate surface area is 113 Å². The number of ether oxygens (including phenoxy) is 1. The van der Waals surface area contributed by atoms with Crippen molar-refractivity contribution in [1.82, 2.24) is 4.98 Å². The summed E-state index contributed by atoms with van der Waals surface area (Å²) in [6, 6.07) is 5.20. The number of rotatable bonds is 1. The minimum atomic E-state index is -0.920. The first-order valence-corrected chi connectivity index (χ1v) is 6.05. The van der Waals surface area contributed by atoms with E-state index in [9.17, 15) is 19.7 Å². The summed E-state index contributed by atoms with van der Waals surface area (Å²) in [6.45, 7) is 0. The molecule has 3 N–H and O–H groups in total. The average molecular weight is 277 g/mol. The Morgan fingerprint density at radius 3 is 2.75 bits per heavy atom. The number of nitrogens with zero attached hydrogens (tertiary/aromatic N) is 1. The zero-order valence-corrected chi connectivity index (χ0v) is 10.3. The van der Waals surface area contributed by atoms with E-state index in [4.69, 9.17) is 4.74 Å². The number of aliphatic hydroxyl groups is 1. The fourth-order valence-electron chi connectivity index (χ4n) is 2.27. The van der Waals surface area contributed by atoms with Crippen LogP contribution in [-0.2, 0) is 6.42 Å². The highest BCUT2D eigenvalue weighted by Crippen LogP contribution is 2.41. The number of aliphatic hydroxyl groups excluding tert-OH is 1. The van der Waals surface area contributed by atoms with Crippen LogP contribution in [0.25, 0.3) is 0 Å². The zero-order valence-electron chi connectivity index (χ0n) is 10.3. The molecular formula is C14H12FNO4.